The molecular weight excluding hydrogens is 258 g/mol. The number of oxazole rings is 1. The van der Waals surface area contributed by atoms with Crippen molar-refractivity contribution in [1.29, 1.82) is 0 Å². The number of nitrogens with zero attached hydrogens (tertiary/aromatic N) is 2. The molecule has 6 nitrogen and oxygen atoms in total. The SMILES string of the molecule is CCCNCc1coc(-c2ccc(C)c([N+](=O)[O-])c2)n1. The molecule has 0 unspecified atom stereocenters. The fourth-order valence-electron chi connectivity index (χ4n) is 1.85. The summed E-state index contributed by atoms with van der Waals surface area (Å²) in [6, 6.07) is 4.97. The number of aromatic nitrogens is 1. The van der Waals surface area contributed by atoms with E-state index in [2.05, 4.69) is 17.2 Å². The Morgan fingerprint density at radius 3 is 2.95 bits per heavy atom. The largest absolute Gasteiger partial charge is 0.444 e. The Kier molecular flexibility index (Phi) is 4.47. The fourth-order valence-corrected chi connectivity index (χ4v) is 1.85. The number of benzene rings is 1. The first-order chi connectivity index (χ1) is 9.61. The van der Waals surface area contributed by atoms with Gasteiger partial charge in [-0.3, -0.25) is 10.1 Å². The van der Waals surface area contributed by atoms with Crippen LogP contribution in [-0.2, 0) is 6.54 Å². The molecule has 0 aliphatic carbocycles. The van der Waals surface area contributed by atoms with E-state index in [1.54, 1.807) is 25.3 Å². The van der Waals surface area contributed by atoms with Crippen LogP contribution in [0.15, 0.2) is 28.9 Å². The Labute approximate surface area is 117 Å². The van der Waals surface area contributed by atoms with E-state index in [9.17, 15) is 10.1 Å². The molecule has 0 bridgehead atoms. The average Bonchev–Trinajstić information content (AvgIpc) is 2.88. The van der Waals surface area contributed by atoms with Crippen molar-refractivity contribution in [2.75, 3.05) is 6.54 Å². The number of nitrogens with one attached hydrogen (secondary N) is 1. The summed E-state index contributed by atoms with van der Waals surface area (Å²) in [7, 11) is 0. The first kappa shape index (κ1) is 14.2. The van der Waals surface area contributed by atoms with Gasteiger partial charge in [-0.1, -0.05) is 13.0 Å². The molecule has 0 aliphatic heterocycles. The minimum atomic E-state index is -0.397. The molecule has 1 aromatic carbocycles. The zero-order chi connectivity index (χ0) is 14.5. The van der Waals surface area contributed by atoms with Crippen molar-refractivity contribution in [3.05, 3.63) is 45.8 Å². The molecule has 1 N–H and O–H groups in total. The smallest absolute Gasteiger partial charge is 0.273 e. The Bertz CT molecular complexity index is 607. The fraction of sp³-hybridized carbons (Fsp3) is 0.357. The van der Waals surface area contributed by atoms with Crippen molar-refractivity contribution in [2.45, 2.75) is 26.8 Å². The standard InChI is InChI=1S/C14H17N3O3/c1-3-6-15-8-12-9-20-14(16-12)11-5-4-10(2)13(7-11)17(18)19/h4-5,7,9,15H,3,6,8H2,1-2H3. The highest BCUT2D eigenvalue weighted by Gasteiger charge is 2.14. The van der Waals surface area contributed by atoms with E-state index < -0.39 is 4.92 Å². The molecule has 6 heteroatoms. The van der Waals surface area contributed by atoms with Crippen molar-refractivity contribution in [1.82, 2.24) is 10.3 Å². The first-order valence-corrected chi connectivity index (χ1v) is 6.52. The summed E-state index contributed by atoms with van der Waals surface area (Å²) >= 11 is 0. The topological polar surface area (TPSA) is 81.2 Å². The summed E-state index contributed by atoms with van der Waals surface area (Å²) in [6.07, 6.45) is 2.62. The van der Waals surface area contributed by atoms with Crippen molar-refractivity contribution >= 4 is 5.69 Å². The molecule has 1 heterocycles. The molecule has 0 radical (unpaired) electrons. The van der Waals surface area contributed by atoms with E-state index >= 15 is 0 Å². The molecule has 2 rings (SSSR count). The van der Waals surface area contributed by atoms with Crippen molar-refractivity contribution in [3.8, 4) is 11.5 Å². The van der Waals surface area contributed by atoms with Crippen LogP contribution in [0.5, 0.6) is 0 Å². The number of hydrogen-bond acceptors (Lipinski definition) is 5. The Balaban J connectivity index is 2.19. The van der Waals surface area contributed by atoms with Crippen LogP contribution in [0.4, 0.5) is 5.69 Å². The monoisotopic (exact) mass is 275 g/mol. The Hall–Kier alpha value is -2.21. The lowest BCUT2D eigenvalue weighted by Gasteiger charge is -1.99. The minimum Gasteiger partial charge on any atom is -0.444 e. The maximum atomic E-state index is 10.9. The molecule has 2 aromatic rings. The zero-order valence-corrected chi connectivity index (χ0v) is 11.5. The molecular formula is C14H17N3O3. The molecule has 0 atom stereocenters. The lowest BCUT2D eigenvalue weighted by molar-refractivity contribution is -0.385. The minimum absolute atomic E-state index is 0.0753. The highest BCUT2D eigenvalue weighted by Crippen LogP contribution is 2.26. The van der Waals surface area contributed by atoms with Crippen LogP contribution in [0.2, 0.25) is 0 Å². The van der Waals surface area contributed by atoms with Gasteiger partial charge in [0.2, 0.25) is 5.89 Å². The Morgan fingerprint density at radius 2 is 2.25 bits per heavy atom. The predicted molar refractivity (Wildman–Crippen MR) is 75.3 cm³/mol. The van der Waals surface area contributed by atoms with Crippen molar-refractivity contribution in [3.63, 3.8) is 0 Å². The van der Waals surface area contributed by atoms with Gasteiger partial charge in [0.1, 0.15) is 6.26 Å². The predicted octanol–water partition coefficient (Wildman–Crippen LogP) is 3.06. The van der Waals surface area contributed by atoms with E-state index in [0.717, 1.165) is 18.7 Å². The van der Waals surface area contributed by atoms with E-state index in [1.165, 1.54) is 6.07 Å². The molecule has 0 fully saturated rings. The second-order valence-electron chi connectivity index (χ2n) is 4.58. The van der Waals surface area contributed by atoms with Crippen LogP contribution < -0.4 is 5.32 Å². The summed E-state index contributed by atoms with van der Waals surface area (Å²) in [6.45, 7) is 5.34. The lowest BCUT2D eigenvalue weighted by atomic mass is 10.1. The number of rotatable bonds is 6. The maximum Gasteiger partial charge on any atom is 0.273 e. The maximum absolute atomic E-state index is 10.9. The zero-order valence-electron chi connectivity index (χ0n) is 11.5. The van der Waals surface area contributed by atoms with E-state index in [1.807, 2.05) is 0 Å². The molecule has 20 heavy (non-hydrogen) atoms. The third kappa shape index (κ3) is 3.21. The van der Waals surface area contributed by atoms with E-state index in [-0.39, 0.29) is 5.69 Å². The summed E-state index contributed by atoms with van der Waals surface area (Å²) in [5, 5.41) is 14.2. The summed E-state index contributed by atoms with van der Waals surface area (Å²) in [5.74, 6) is 0.404. The van der Waals surface area contributed by atoms with Crippen LogP contribution in [0.1, 0.15) is 24.6 Å². The first-order valence-electron chi connectivity index (χ1n) is 6.52. The lowest BCUT2D eigenvalue weighted by Crippen LogP contribution is -2.13. The third-order valence-corrected chi connectivity index (χ3v) is 2.94. The molecule has 0 aliphatic rings. The van der Waals surface area contributed by atoms with Gasteiger partial charge in [0, 0.05) is 23.7 Å². The van der Waals surface area contributed by atoms with Gasteiger partial charge < -0.3 is 9.73 Å². The summed E-state index contributed by atoms with van der Waals surface area (Å²) in [5.41, 5.74) is 2.10. The van der Waals surface area contributed by atoms with Crippen LogP contribution in [0.3, 0.4) is 0 Å². The van der Waals surface area contributed by atoms with Crippen LogP contribution in [-0.4, -0.2) is 16.5 Å². The molecule has 0 spiro atoms. The van der Waals surface area contributed by atoms with Gasteiger partial charge in [-0.2, -0.15) is 0 Å². The second kappa shape index (κ2) is 6.29. The summed E-state index contributed by atoms with van der Waals surface area (Å²) in [4.78, 5) is 14.9. The average molecular weight is 275 g/mol. The summed E-state index contributed by atoms with van der Waals surface area (Å²) < 4.78 is 5.38. The highest BCUT2D eigenvalue weighted by atomic mass is 16.6. The van der Waals surface area contributed by atoms with Crippen LogP contribution in [0.25, 0.3) is 11.5 Å². The second-order valence-corrected chi connectivity index (χ2v) is 4.58. The molecule has 0 saturated carbocycles. The number of nitro groups is 1. The van der Waals surface area contributed by atoms with Gasteiger partial charge in [0.05, 0.1) is 10.6 Å². The molecule has 0 amide bonds. The van der Waals surface area contributed by atoms with Crippen LogP contribution >= 0.6 is 0 Å². The van der Waals surface area contributed by atoms with E-state index in [4.69, 9.17) is 4.42 Å². The van der Waals surface area contributed by atoms with Crippen LogP contribution in [0, 0.1) is 17.0 Å². The van der Waals surface area contributed by atoms with Crippen molar-refractivity contribution < 1.29 is 9.34 Å². The number of aryl methyl sites for hydroxylation is 1. The van der Waals surface area contributed by atoms with E-state index in [0.29, 0.717) is 23.6 Å². The van der Waals surface area contributed by atoms with Gasteiger partial charge in [-0.25, -0.2) is 4.98 Å². The normalized spacial score (nSPS) is 10.7. The molecule has 106 valence electrons. The molecule has 0 saturated heterocycles. The van der Waals surface area contributed by atoms with Gasteiger partial charge in [-0.15, -0.1) is 0 Å². The third-order valence-electron chi connectivity index (χ3n) is 2.94. The van der Waals surface area contributed by atoms with Gasteiger partial charge in [0.25, 0.3) is 5.69 Å². The van der Waals surface area contributed by atoms with Gasteiger partial charge in [0.15, 0.2) is 0 Å². The van der Waals surface area contributed by atoms with Crippen molar-refractivity contribution in [2.24, 2.45) is 0 Å². The number of nitro benzene ring substituents is 1. The quantitative estimate of drug-likeness (QED) is 0.498. The highest BCUT2D eigenvalue weighted by molar-refractivity contribution is 5.60. The molecule has 1 aromatic heterocycles. The van der Waals surface area contributed by atoms with Gasteiger partial charge in [-0.05, 0) is 26.0 Å². The Morgan fingerprint density at radius 1 is 1.45 bits per heavy atom. The van der Waals surface area contributed by atoms with Gasteiger partial charge >= 0.3 is 0 Å². The number of hydrogen-bond donors (Lipinski definition) is 1.